The lowest BCUT2D eigenvalue weighted by atomic mass is 10.0. The molecule has 11 heterocycles. The highest BCUT2D eigenvalue weighted by Crippen LogP contribution is 2.37. The minimum atomic E-state index is -0.485. The maximum atomic E-state index is 14.5. The number of halogens is 1. The van der Waals surface area contributed by atoms with E-state index in [0.29, 0.717) is 65.8 Å². The lowest BCUT2D eigenvalue weighted by Gasteiger charge is -2.26. The standard InChI is InChI=1S/C25H27N7O2.C24H26N8O2.C19H17FN8O/c1-2-26-25(33)31-24-29-22-14-18(13-20(23(22)30-24)21-5-3-4-8-27-21)17-6-7-19(28-15-17)16-32-9-11-34-12-10-32;1-2-25-24(33)31-23-29-20-12-16(11-18(22(20)30-23)19-5-3-4-6-26-19)17-13-27-21(28-14-17)15-32-7-9-34-10-8-32;1-2-22-19(29)28-18-26-14-7-10(11-8-24-17(21)25-9-11)6-12(16(14)27-18)15-13(20)4-3-5-23-15/h3-8,13-15H,2,9-12,16H2,1H3,(H3,26,29,30,31,33);3-6,11-14H,2,7-10,15H2,1H3,(H3,25,29,30,31,33);3-9H,2H2,1H3,(H2,21,24,25)(H3,22,26,27,28,29). The molecule has 28 nitrogen and oxygen atoms in total. The number of aromatic amines is 3. The summed E-state index contributed by atoms with van der Waals surface area (Å²) >= 11 is 0. The van der Waals surface area contributed by atoms with E-state index < -0.39 is 11.8 Å². The highest BCUT2D eigenvalue weighted by atomic mass is 19.1. The van der Waals surface area contributed by atoms with E-state index in [9.17, 15) is 18.8 Å². The largest absolute Gasteiger partial charge is 0.379 e. The number of imidazole rings is 3. The Kier molecular flexibility index (Phi) is 20.8. The smallest absolute Gasteiger partial charge is 0.321 e. The Hall–Kier alpha value is -11.8. The van der Waals surface area contributed by atoms with Crippen LogP contribution in [-0.4, -0.2) is 170 Å². The molecule has 0 unspecified atom stereocenters. The predicted octanol–water partition coefficient (Wildman–Crippen LogP) is 9.66. The monoisotopic (exact) mass is 1310 g/mol. The number of pyridine rings is 4. The molecule has 11 N–H and O–H groups in total. The van der Waals surface area contributed by atoms with E-state index in [1.165, 1.54) is 18.3 Å². The fourth-order valence-electron chi connectivity index (χ4n) is 10.9. The number of hydrogen-bond acceptors (Lipinski definition) is 19. The molecule has 2 aliphatic heterocycles. The van der Waals surface area contributed by atoms with Gasteiger partial charge in [-0.05, 0) is 116 Å². The number of urea groups is 3. The van der Waals surface area contributed by atoms with Gasteiger partial charge in [-0.3, -0.25) is 45.7 Å². The molecule has 14 rings (SSSR count). The first-order chi connectivity index (χ1) is 47.4. The normalized spacial score (nSPS) is 13.2. The van der Waals surface area contributed by atoms with Crippen LogP contribution >= 0.6 is 0 Å². The van der Waals surface area contributed by atoms with Crippen LogP contribution in [-0.2, 0) is 22.6 Å². The number of rotatable bonds is 16. The van der Waals surface area contributed by atoms with E-state index in [4.69, 9.17) is 20.2 Å². The van der Waals surface area contributed by atoms with Gasteiger partial charge in [-0.15, -0.1) is 0 Å². The Balaban J connectivity index is 0.000000139. The first-order valence-electron chi connectivity index (χ1n) is 31.6. The number of amides is 6. The Morgan fingerprint density at radius 1 is 0.474 bits per heavy atom. The van der Waals surface area contributed by atoms with Crippen molar-refractivity contribution in [2.75, 3.05) is 93.9 Å². The summed E-state index contributed by atoms with van der Waals surface area (Å²) in [5.41, 5.74) is 19.9. The van der Waals surface area contributed by atoms with Crippen molar-refractivity contribution in [2.24, 2.45) is 0 Å². The van der Waals surface area contributed by atoms with E-state index in [2.05, 4.69) is 125 Å². The highest BCUT2D eigenvalue weighted by Gasteiger charge is 2.21. The van der Waals surface area contributed by atoms with E-state index in [1.807, 2.05) is 93.1 Å². The van der Waals surface area contributed by atoms with Crippen LogP contribution in [0.15, 0.2) is 147 Å². The molecule has 2 aliphatic rings. The van der Waals surface area contributed by atoms with Gasteiger partial charge in [0.25, 0.3) is 0 Å². The molecular weight excluding hydrogens is 1240 g/mol. The van der Waals surface area contributed by atoms with Gasteiger partial charge >= 0.3 is 18.1 Å². The van der Waals surface area contributed by atoms with Crippen molar-refractivity contribution >= 4 is 75.0 Å². The van der Waals surface area contributed by atoms with Crippen molar-refractivity contribution in [1.29, 1.82) is 0 Å². The number of benzene rings is 3. The molecule has 0 atom stereocenters. The number of nitrogens with two attached hydrogens (primary N) is 1. The fraction of sp³-hybridized carbons (Fsp3) is 0.235. The molecule has 9 aromatic heterocycles. The number of carbonyl (C=O) groups excluding carboxylic acids is 3. The summed E-state index contributed by atoms with van der Waals surface area (Å²) in [6, 6.07) is 29.2. The van der Waals surface area contributed by atoms with E-state index in [0.717, 1.165) is 138 Å². The molecule has 2 fully saturated rings. The highest BCUT2D eigenvalue weighted by molar-refractivity contribution is 6.01. The fourth-order valence-corrected chi connectivity index (χ4v) is 10.9. The van der Waals surface area contributed by atoms with Crippen LogP contribution in [0.1, 0.15) is 32.3 Å². The van der Waals surface area contributed by atoms with Gasteiger partial charge in [0.05, 0.1) is 77.6 Å². The molecule has 3 aromatic carbocycles. The summed E-state index contributed by atoms with van der Waals surface area (Å²) in [5.74, 6) is 1.43. The number of ether oxygens (including phenoxy) is 2. The zero-order chi connectivity index (χ0) is 67.0. The van der Waals surface area contributed by atoms with Crippen molar-refractivity contribution in [2.45, 2.75) is 33.9 Å². The van der Waals surface area contributed by atoms with Crippen LogP contribution in [0.5, 0.6) is 0 Å². The van der Waals surface area contributed by atoms with Crippen LogP contribution in [0.25, 0.3) is 100 Å². The van der Waals surface area contributed by atoms with Crippen LogP contribution in [0.2, 0.25) is 0 Å². The van der Waals surface area contributed by atoms with Crippen LogP contribution < -0.4 is 37.6 Å². The van der Waals surface area contributed by atoms with Gasteiger partial charge in [-0.2, -0.15) is 0 Å². The summed E-state index contributed by atoms with van der Waals surface area (Å²) in [4.78, 5) is 98.7. The molecule has 2 saturated heterocycles. The Morgan fingerprint density at radius 2 is 0.907 bits per heavy atom. The summed E-state index contributed by atoms with van der Waals surface area (Å²) in [5, 5.41) is 16.2. The minimum Gasteiger partial charge on any atom is -0.379 e. The number of anilines is 4. The predicted molar refractivity (Wildman–Crippen MR) is 368 cm³/mol. The Bertz CT molecular complexity index is 4460. The van der Waals surface area contributed by atoms with Gasteiger partial charge in [0.1, 0.15) is 22.9 Å². The molecule has 6 amide bonds. The third-order valence-electron chi connectivity index (χ3n) is 15.5. The maximum absolute atomic E-state index is 14.5. The van der Waals surface area contributed by atoms with Crippen molar-refractivity contribution in [3.63, 3.8) is 0 Å². The molecule has 0 radical (unpaired) electrons. The van der Waals surface area contributed by atoms with Gasteiger partial charge in [0.15, 0.2) is 0 Å². The summed E-state index contributed by atoms with van der Waals surface area (Å²) in [7, 11) is 0. The van der Waals surface area contributed by atoms with Crippen LogP contribution in [0, 0.1) is 5.82 Å². The lowest BCUT2D eigenvalue weighted by molar-refractivity contribution is 0.0330. The second-order valence-electron chi connectivity index (χ2n) is 22.3. The molecule has 0 bridgehead atoms. The minimum absolute atomic E-state index is 0.145. The number of aromatic nitrogens is 14. The Labute approximate surface area is 555 Å². The van der Waals surface area contributed by atoms with Crippen molar-refractivity contribution < 1.29 is 28.2 Å². The topological polar surface area (TPSA) is 364 Å². The SMILES string of the molecule is CCNC(=O)Nc1nc2c(-c3ccccn3)cc(-c3ccc(CN4CCOCC4)nc3)cc2[nH]1.CCNC(=O)Nc1nc2c(-c3ccccn3)cc(-c3cnc(CN4CCOCC4)nc3)cc2[nH]1.CCNC(=O)Nc1nc2c(-c3ncccc3F)cc(-c3cnc(N)nc3)cc2[nH]1. The van der Waals surface area contributed by atoms with E-state index in [-0.39, 0.29) is 29.7 Å². The van der Waals surface area contributed by atoms with Gasteiger partial charge in [-0.1, -0.05) is 18.2 Å². The first-order valence-corrected chi connectivity index (χ1v) is 31.6. The summed E-state index contributed by atoms with van der Waals surface area (Å²) in [6.45, 7) is 15.3. The zero-order valence-corrected chi connectivity index (χ0v) is 53.4. The van der Waals surface area contributed by atoms with Gasteiger partial charge in [-0.25, -0.2) is 53.7 Å². The van der Waals surface area contributed by atoms with Crippen molar-refractivity contribution in [3.8, 4) is 67.2 Å². The van der Waals surface area contributed by atoms with Crippen molar-refractivity contribution in [3.05, 3.63) is 164 Å². The first kappa shape index (κ1) is 65.3. The molecule has 0 saturated carbocycles. The van der Waals surface area contributed by atoms with E-state index in [1.54, 1.807) is 37.8 Å². The number of fused-ring (bicyclic) bond motifs is 3. The number of H-pyrrole nitrogens is 3. The lowest BCUT2D eigenvalue weighted by Crippen LogP contribution is -2.36. The average molecular weight is 1310 g/mol. The third kappa shape index (κ3) is 16.4. The average Bonchev–Trinajstić information content (AvgIpc) is 1.73. The summed E-state index contributed by atoms with van der Waals surface area (Å²) < 4.78 is 25.3. The molecule has 97 heavy (non-hydrogen) atoms. The molecule has 29 heteroatoms. The number of carbonyl (C=O) groups is 3. The summed E-state index contributed by atoms with van der Waals surface area (Å²) in [6.07, 6.45) is 13.8. The number of hydrogen-bond donors (Lipinski definition) is 10. The van der Waals surface area contributed by atoms with Gasteiger partial charge in [0.2, 0.25) is 23.8 Å². The number of nitrogens with one attached hydrogen (secondary N) is 9. The van der Waals surface area contributed by atoms with E-state index >= 15 is 0 Å². The zero-order valence-electron chi connectivity index (χ0n) is 53.4. The maximum Gasteiger partial charge on any atom is 0.321 e. The van der Waals surface area contributed by atoms with Crippen LogP contribution in [0.3, 0.4) is 0 Å². The molecule has 0 spiro atoms. The van der Waals surface area contributed by atoms with Gasteiger partial charge in [0, 0.05) is 135 Å². The number of nitrogen functional groups attached to an aromatic ring is 1. The quantitative estimate of drug-likeness (QED) is 0.0430. The molecular formula is C68H70FN23O5. The molecule has 0 aliphatic carbocycles. The second-order valence-corrected chi connectivity index (χ2v) is 22.3. The number of morpholine rings is 2. The van der Waals surface area contributed by atoms with Crippen molar-refractivity contribution in [1.82, 2.24) is 95.5 Å². The third-order valence-corrected chi connectivity index (χ3v) is 15.5. The van der Waals surface area contributed by atoms with Crippen LogP contribution in [0.4, 0.5) is 42.6 Å². The van der Waals surface area contributed by atoms with Gasteiger partial charge < -0.3 is 46.1 Å². The number of nitrogens with zero attached hydrogens (tertiary/aromatic N) is 13. The second kappa shape index (κ2) is 31.0. The molecule has 494 valence electrons. The Morgan fingerprint density at radius 3 is 1.35 bits per heavy atom. The molecule has 12 aromatic rings.